The van der Waals surface area contributed by atoms with Gasteiger partial charge in [-0.1, -0.05) is 18.2 Å². The van der Waals surface area contributed by atoms with E-state index >= 15 is 0 Å². The van der Waals surface area contributed by atoms with Crippen LogP contribution in [0, 0.1) is 11.6 Å². The second-order valence-electron chi connectivity index (χ2n) is 4.51. The second kappa shape index (κ2) is 4.46. The number of rotatable bonds is 2. The Kier molecular flexibility index (Phi) is 2.78. The van der Waals surface area contributed by atoms with Crippen LogP contribution in [-0.4, -0.2) is 12.3 Å². The van der Waals surface area contributed by atoms with Crippen molar-refractivity contribution in [1.29, 1.82) is 0 Å². The summed E-state index contributed by atoms with van der Waals surface area (Å²) in [6, 6.07) is 10.8. The average Bonchev–Trinajstić information content (AvgIpc) is 2.85. The molecule has 0 saturated carbocycles. The Hall–Kier alpha value is -2.23. The molecule has 1 unspecified atom stereocenters. The van der Waals surface area contributed by atoms with Gasteiger partial charge in [0.15, 0.2) is 17.4 Å². The SMILES string of the molecule is O=C(c1ccc(F)c(F)c1)C1CNc2ccccc21. The zero-order valence-corrected chi connectivity index (χ0v) is 9.99. The molecule has 1 atom stereocenters. The smallest absolute Gasteiger partial charge is 0.172 e. The lowest BCUT2D eigenvalue weighted by Gasteiger charge is -2.09. The maximum atomic E-state index is 13.2. The van der Waals surface area contributed by atoms with E-state index in [2.05, 4.69) is 5.32 Å². The highest BCUT2D eigenvalue weighted by atomic mass is 19.2. The van der Waals surface area contributed by atoms with Crippen LogP contribution in [0.5, 0.6) is 0 Å². The van der Waals surface area contributed by atoms with Crippen molar-refractivity contribution in [3.63, 3.8) is 0 Å². The summed E-state index contributed by atoms with van der Waals surface area (Å²) in [6.07, 6.45) is 0. The summed E-state index contributed by atoms with van der Waals surface area (Å²) in [5.41, 5.74) is 2.02. The molecule has 0 bridgehead atoms. The highest BCUT2D eigenvalue weighted by Crippen LogP contribution is 2.33. The van der Waals surface area contributed by atoms with E-state index in [0.717, 1.165) is 23.4 Å². The highest BCUT2D eigenvalue weighted by Gasteiger charge is 2.29. The quantitative estimate of drug-likeness (QED) is 0.838. The van der Waals surface area contributed by atoms with Gasteiger partial charge >= 0.3 is 0 Å². The maximum absolute atomic E-state index is 13.2. The number of para-hydroxylation sites is 1. The second-order valence-corrected chi connectivity index (χ2v) is 4.51. The molecule has 2 aromatic rings. The summed E-state index contributed by atoms with van der Waals surface area (Å²) in [5, 5.41) is 3.14. The first-order valence-electron chi connectivity index (χ1n) is 5.99. The normalized spacial score (nSPS) is 16.8. The third-order valence-corrected chi connectivity index (χ3v) is 3.35. The molecular weight excluding hydrogens is 248 g/mol. The third-order valence-electron chi connectivity index (χ3n) is 3.35. The number of anilines is 1. The number of benzene rings is 2. The summed E-state index contributed by atoms with van der Waals surface area (Å²) >= 11 is 0. The van der Waals surface area contributed by atoms with E-state index in [-0.39, 0.29) is 17.3 Å². The summed E-state index contributed by atoms with van der Waals surface area (Å²) in [4.78, 5) is 12.3. The highest BCUT2D eigenvalue weighted by molar-refractivity contribution is 6.03. The monoisotopic (exact) mass is 259 g/mol. The molecule has 0 amide bonds. The molecule has 0 radical (unpaired) electrons. The van der Waals surface area contributed by atoms with Gasteiger partial charge in [0.2, 0.25) is 0 Å². The first kappa shape index (κ1) is 11.8. The first-order chi connectivity index (χ1) is 9.16. The molecule has 0 saturated heterocycles. The number of carbonyl (C=O) groups excluding carboxylic acids is 1. The van der Waals surface area contributed by atoms with Crippen molar-refractivity contribution in [1.82, 2.24) is 0 Å². The summed E-state index contributed by atoms with van der Waals surface area (Å²) < 4.78 is 26.1. The summed E-state index contributed by atoms with van der Waals surface area (Å²) in [7, 11) is 0. The van der Waals surface area contributed by atoms with Crippen molar-refractivity contribution in [3.05, 3.63) is 65.2 Å². The van der Waals surface area contributed by atoms with Crippen molar-refractivity contribution < 1.29 is 13.6 Å². The average molecular weight is 259 g/mol. The molecule has 19 heavy (non-hydrogen) atoms. The van der Waals surface area contributed by atoms with Gasteiger partial charge in [-0.05, 0) is 29.8 Å². The van der Waals surface area contributed by atoms with Crippen LogP contribution in [0.2, 0.25) is 0 Å². The van der Waals surface area contributed by atoms with Crippen molar-refractivity contribution in [3.8, 4) is 0 Å². The fourth-order valence-corrected chi connectivity index (χ4v) is 2.37. The molecule has 1 N–H and O–H groups in total. The Morgan fingerprint density at radius 2 is 1.89 bits per heavy atom. The Balaban J connectivity index is 1.95. The Bertz CT molecular complexity index is 654. The minimum Gasteiger partial charge on any atom is -0.384 e. The number of carbonyl (C=O) groups is 1. The lowest BCUT2D eigenvalue weighted by atomic mass is 9.92. The number of ketones is 1. The molecule has 0 spiro atoms. The largest absolute Gasteiger partial charge is 0.384 e. The predicted octanol–water partition coefficient (Wildman–Crippen LogP) is 3.36. The molecule has 4 heteroatoms. The molecule has 2 nitrogen and oxygen atoms in total. The van der Waals surface area contributed by atoms with Crippen molar-refractivity contribution in [2.24, 2.45) is 0 Å². The molecule has 0 aliphatic carbocycles. The number of fused-ring (bicyclic) bond motifs is 1. The fourth-order valence-electron chi connectivity index (χ4n) is 2.37. The minimum absolute atomic E-state index is 0.197. The van der Waals surface area contributed by atoms with E-state index in [1.165, 1.54) is 6.07 Å². The summed E-state index contributed by atoms with van der Waals surface area (Å²) in [6.45, 7) is 0.483. The topological polar surface area (TPSA) is 29.1 Å². The molecule has 0 fully saturated rings. The van der Waals surface area contributed by atoms with Gasteiger partial charge in [-0.3, -0.25) is 4.79 Å². The van der Waals surface area contributed by atoms with E-state index in [9.17, 15) is 13.6 Å². The van der Waals surface area contributed by atoms with E-state index in [4.69, 9.17) is 0 Å². The van der Waals surface area contributed by atoms with Crippen LogP contribution in [0.25, 0.3) is 0 Å². The minimum atomic E-state index is -0.995. The lowest BCUT2D eigenvalue weighted by molar-refractivity contribution is 0.0966. The molecule has 1 aliphatic heterocycles. The molecule has 1 heterocycles. The van der Waals surface area contributed by atoms with Gasteiger partial charge in [0.25, 0.3) is 0 Å². The Morgan fingerprint density at radius 3 is 2.68 bits per heavy atom. The van der Waals surface area contributed by atoms with Gasteiger partial charge < -0.3 is 5.32 Å². The number of halogens is 2. The van der Waals surface area contributed by atoms with Crippen LogP contribution in [0.4, 0.5) is 14.5 Å². The molecular formula is C15H11F2NO. The van der Waals surface area contributed by atoms with Crippen molar-refractivity contribution >= 4 is 11.5 Å². The molecule has 1 aliphatic rings. The van der Waals surface area contributed by atoms with Gasteiger partial charge in [0, 0.05) is 17.8 Å². The van der Waals surface area contributed by atoms with Crippen molar-refractivity contribution in [2.45, 2.75) is 5.92 Å². The molecule has 2 aromatic carbocycles. The fraction of sp³-hybridized carbons (Fsp3) is 0.133. The van der Waals surface area contributed by atoms with Gasteiger partial charge in [-0.15, -0.1) is 0 Å². The molecule has 0 aromatic heterocycles. The molecule has 3 rings (SSSR count). The van der Waals surface area contributed by atoms with Crippen molar-refractivity contribution in [2.75, 3.05) is 11.9 Å². The number of nitrogens with one attached hydrogen (secondary N) is 1. The molecule has 96 valence electrons. The Labute approximate surface area is 109 Å². The van der Waals surface area contributed by atoms with Crippen LogP contribution in [0.15, 0.2) is 42.5 Å². The standard InChI is InChI=1S/C15H11F2NO/c16-12-6-5-9(7-13(12)17)15(19)11-8-18-14-4-2-1-3-10(11)14/h1-7,11,18H,8H2. The number of hydrogen-bond acceptors (Lipinski definition) is 2. The van der Waals surface area contributed by atoms with Gasteiger partial charge in [-0.25, -0.2) is 8.78 Å². The Morgan fingerprint density at radius 1 is 1.11 bits per heavy atom. The van der Waals surface area contributed by atoms with Gasteiger partial charge in [0.1, 0.15) is 0 Å². The zero-order chi connectivity index (χ0) is 13.4. The number of Topliss-reactive ketones (excluding diaryl/α,β-unsaturated/α-hetero) is 1. The lowest BCUT2D eigenvalue weighted by Crippen LogP contribution is -2.15. The predicted molar refractivity (Wildman–Crippen MR) is 68.4 cm³/mol. The van der Waals surface area contributed by atoms with Crippen LogP contribution in [0.1, 0.15) is 21.8 Å². The van der Waals surface area contributed by atoms with E-state index in [1.54, 1.807) is 0 Å². The van der Waals surface area contributed by atoms with E-state index < -0.39 is 11.6 Å². The third kappa shape index (κ3) is 1.99. The van der Waals surface area contributed by atoms with Gasteiger partial charge in [0.05, 0.1) is 5.92 Å². The van der Waals surface area contributed by atoms with Crippen LogP contribution >= 0.6 is 0 Å². The first-order valence-corrected chi connectivity index (χ1v) is 5.99. The van der Waals surface area contributed by atoms with Crippen LogP contribution in [-0.2, 0) is 0 Å². The zero-order valence-electron chi connectivity index (χ0n) is 9.99. The van der Waals surface area contributed by atoms with E-state index in [1.807, 2.05) is 24.3 Å². The van der Waals surface area contributed by atoms with Gasteiger partial charge in [-0.2, -0.15) is 0 Å². The van der Waals surface area contributed by atoms with E-state index in [0.29, 0.717) is 6.54 Å². The maximum Gasteiger partial charge on any atom is 0.172 e. The summed E-state index contributed by atoms with van der Waals surface area (Å²) in [5.74, 6) is -2.48. The van der Waals surface area contributed by atoms with Crippen LogP contribution in [0.3, 0.4) is 0 Å². The van der Waals surface area contributed by atoms with Crippen LogP contribution < -0.4 is 5.32 Å². The number of hydrogen-bond donors (Lipinski definition) is 1.